The monoisotopic (exact) mass is 242 g/mol. The van der Waals surface area contributed by atoms with Crippen molar-refractivity contribution < 1.29 is 13.6 Å². The third-order valence-electron chi connectivity index (χ3n) is 2.29. The second kappa shape index (κ2) is 3.93. The lowest BCUT2D eigenvalue weighted by molar-refractivity contribution is 0.287. The zero-order valence-corrected chi connectivity index (χ0v) is 10.0. The molecule has 86 valence electrons. The van der Waals surface area contributed by atoms with Gasteiger partial charge in [0.2, 0.25) is 0 Å². The summed E-state index contributed by atoms with van der Waals surface area (Å²) in [5, 5.41) is 12.7. The molecular weight excluding hydrogens is 231 g/mol. The van der Waals surface area contributed by atoms with E-state index in [0.29, 0.717) is 16.3 Å². The van der Waals surface area contributed by atoms with E-state index < -0.39 is 7.60 Å². The zero-order valence-electron chi connectivity index (χ0n) is 9.12. The Bertz CT molecular complexity index is 559. The maximum atomic E-state index is 12.2. The van der Waals surface area contributed by atoms with Crippen LogP contribution in [0.1, 0.15) is 0 Å². The summed E-state index contributed by atoms with van der Waals surface area (Å²) in [6, 6.07) is 0. The highest BCUT2D eigenvalue weighted by atomic mass is 31.2. The van der Waals surface area contributed by atoms with E-state index in [1.807, 2.05) is 0 Å². The van der Waals surface area contributed by atoms with Crippen LogP contribution in [0, 0.1) is 0 Å². The molecule has 8 heteroatoms. The first-order chi connectivity index (χ1) is 7.62. The molecule has 2 aromatic rings. The van der Waals surface area contributed by atoms with Gasteiger partial charge in [-0.15, -0.1) is 5.10 Å². The topological polar surface area (TPSA) is 79.1 Å². The third-order valence-corrected chi connectivity index (χ3v) is 4.20. The van der Waals surface area contributed by atoms with Crippen LogP contribution in [0.3, 0.4) is 0 Å². The van der Waals surface area contributed by atoms with E-state index in [0.717, 1.165) is 0 Å². The maximum absolute atomic E-state index is 12.2. The molecule has 7 nitrogen and oxygen atoms in total. The van der Waals surface area contributed by atoms with E-state index in [4.69, 9.17) is 9.05 Å². The van der Waals surface area contributed by atoms with Crippen LogP contribution in [0.5, 0.6) is 0 Å². The van der Waals surface area contributed by atoms with Gasteiger partial charge in [0, 0.05) is 21.3 Å². The molecule has 0 aliphatic rings. The van der Waals surface area contributed by atoms with Gasteiger partial charge in [-0.25, -0.2) is 4.68 Å². The lowest BCUT2D eigenvalue weighted by atomic mass is 10.4. The Labute approximate surface area is 91.9 Å². The summed E-state index contributed by atoms with van der Waals surface area (Å²) in [7, 11) is 1.06. The maximum Gasteiger partial charge on any atom is 0.363 e. The van der Waals surface area contributed by atoms with Crippen molar-refractivity contribution in [1.82, 2.24) is 20.0 Å². The second-order valence-electron chi connectivity index (χ2n) is 3.10. The first-order valence-corrected chi connectivity index (χ1v) is 6.02. The van der Waals surface area contributed by atoms with Gasteiger partial charge in [0.15, 0.2) is 5.65 Å². The lowest BCUT2D eigenvalue weighted by Crippen LogP contribution is -2.11. The highest BCUT2D eigenvalue weighted by Gasteiger charge is 2.28. The minimum absolute atomic E-state index is 0.371. The quantitative estimate of drug-likeness (QED) is 0.728. The number of fused-ring (bicyclic) bond motifs is 1. The zero-order chi connectivity index (χ0) is 11.8. The number of hydrogen-bond acceptors (Lipinski definition) is 6. The predicted octanol–water partition coefficient (Wildman–Crippen LogP) is 0.474. The molecule has 0 radical (unpaired) electrons. The molecule has 2 aromatic heterocycles. The summed E-state index contributed by atoms with van der Waals surface area (Å²) < 4.78 is 23.6. The van der Waals surface area contributed by atoms with Crippen molar-refractivity contribution in [2.75, 3.05) is 14.2 Å². The predicted molar refractivity (Wildman–Crippen MR) is 57.6 cm³/mol. The third kappa shape index (κ3) is 1.53. The molecule has 0 N–H and O–H groups in total. The van der Waals surface area contributed by atoms with Gasteiger partial charge in [0.1, 0.15) is 0 Å². The Kier molecular flexibility index (Phi) is 2.75. The van der Waals surface area contributed by atoms with E-state index in [9.17, 15) is 4.57 Å². The highest BCUT2D eigenvalue weighted by molar-refractivity contribution is 7.62. The van der Waals surface area contributed by atoms with Crippen LogP contribution in [-0.2, 0) is 20.7 Å². The summed E-state index contributed by atoms with van der Waals surface area (Å²) >= 11 is 0. The summed E-state index contributed by atoms with van der Waals surface area (Å²) in [6.45, 7) is 0. The number of nitrogens with zero attached hydrogens (tertiary/aromatic N) is 4. The number of aromatic nitrogens is 4. The van der Waals surface area contributed by atoms with E-state index in [2.05, 4.69) is 15.3 Å². The molecule has 2 rings (SSSR count). The minimum Gasteiger partial charge on any atom is -0.309 e. The van der Waals surface area contributed by atoms with Crippen LogP contribution in [0.2, 0.25) is 0 Å². The average Bonchev–Trinajstić information content (AvgIpc) is 2.70. The summed E-state index contributed by atoms with van der Waals surface area (Å²) in [6.07, 6.45) is 2.93. The van der Waals surface area contributed by atoms with Crippen molar-refractivity contribution in [3.63, 3.8) is 0 Å². The smallest absolute Gasteiger partial charge is 0.309 e. The fraction of sp³-hybridized carbons (Fsp3) is 0.375. The van der Waals surface area contributed by atoms with E-state index >= 15 is 0 Å². The molecule has 0 bridgehead atoms. The first-order valence-electron chi connectivity index (χ1n) is 4.48. The standard InChI is InChI=1S/C8H11N4O3P/c1-12-8-6(4-10-12)7(5-9-11-8)16(13,14-2)15-3/h4-5H,1-3H3. The van der Waals surface area contributed by atoms with Crippen LogP contribution >= 0.6 is 7.60 Å². The molecule has 0 aromatic carbocycles. The average molecular weight is 242 g/mol. The molecule has 0 unspecified atom stereocenters. The van der Waals surface area contributed by atoms with Crippen molar-refractivity contribution in [3.8, 4) is 0 Å². The molecule has 0 saturated heterocycles. The van der Waals surface area contributed by atoms with Crippen molar-refractivity contribution in [1.29, 1.82) is 0 Å². The Balaban J connectivity index is 2.74. The minimum atomic E-state index is -3.32. The molecular formula is C8H11N4O3P. The van der Waals surface area contributed by atoms with Crippen molar-refractivity contribution in [2.24, 2.45) is 7.05 Å². The van der Waals surface area contributed by atoms with E-state index in [-0.39, 0.29) is 0 Å². The Hall–Kier alpha value is -1.30. The Morgan fingerprint density at radius 3 is 2.62 bits per heavy atom. The molecule has 0 amide bonds. The normalized spacial score (nSPS) is 12.2. The van der Waals surface area contributed by atoms with Gasteiger partial charge in [0.25, 0.3) is 0 Å². The van der Waals surface area contributed by atoms with Crippen LogP contribution in [0.15, 0.2) is 12.4 Å². The van der Waals surface area contributed by atoms with Gasteiger partial charge in [-0.1, -0.05) is 0 Å². The largest absolute Gasteiger partial charge is 0.363 e. The van der Waals surface area contributed by atoms with Crippen LogP contribution in [-0.4, -0.2) is 34.2 Å². The van der Waals surface area contributed by atoms with Crippen molar-refractivity contribution in [3.05, 3.63) is 12.4 Å². The number of hydrogen-bond donors (Lipinski definition) is 0. The van der Waals surface area contributed by atoms with Gasteiger partial charge in [-0.3, -0.25) is 4.57 Å². The Morgan fingerprint density at radius 1 is 1.31 bits per heavy atom. The SMILES string of the molecule is COP(=O)(OC)c1cnnc2c1cnn2C. The van der Waals surface area contributed by atoms with Gasteiger partial charge in [0.05, 0.1) is 23.1 Å². The van der Waals surface area contributed by atoms with Crippen LogP contribution in [0.4, 0.5) is 0 Å². The summed E-state index contributed by atoms with van der Waals surface area (Å²) in [5.41, 5.74) is 0.534. The lowest BCUT2D eigenvalue weighted by Gasteiger charge is -2.13. The summed E-state index contributed by atoms with van der Waals surface area (Å²) in [5.74, 6) is 0. The molecule has 0 spiro atoms. The Morgan fingerprint density at radius 2 is 2.00 bits per heavy atom. The molecule has 0 atom stereocenters. The molecule has 0 aliphatic heterocycles. The van der Waals surface area contributed by atoms with Crippen LogP contribution in [0.25, 0.3) is 11.0 Å². The number of aryl methyl sites for hydroxylation is 1. The fourth-order valence-corrected chi connectivity index (χ4v) is 2.62. The highest BCUT2D eigenvalue weighted by Crippen LogP contribution is 2.46. The first kappa shape index (κ1) is 11.2. The van der Waals surface area contributed by atoms with Crippen molar-refractivity contribution in [2.45, 2.75) is 0 Å². The fourth-order valence-electron chi connectivity index (χ4n) is 1.43. The van der Waals surface area contributed by atoms with Gasteiger partial charge in [-0.2, -0.15) is 10.2 Å². The van der Waals surface area contributed by atoms with E-state index in [1.165, 1.54) is 20.4 Å². The van der Waals surface area contributed by atoms with Gasteiger partial charge in [-0.05, 0) is 0 Å². The second-order valence-corrected chi connectivity index (χ2v) is 5.30. The molecule has 0 fully saturated rings. The molecule has 0 saturated carbocycles. The van der Waals surface area contributed by atoms with Gasteiger partial charge >= 0.3 is 7.60 Å². The van der Waals surface area contributed by atoms with Gasteiger partial charge < -0.3 is 9.05 Å². The number of rotatable bonds is 3. The van der Waals surface area contributed by atoms with E-state index in [1.54, 1.807) is 17.9 Å². The summed E-state index contributed by atoms with van der Waals surface area (Å²) in [4.78, 5) is 0. The van der Waals surface area contributed by atoms with Crippen LogP contribution < -0.4 is 5.30 Å². The molecule has 16 heavy (non-hydrogen) atoms. The molecule has 2 heterocycles. The molecule has 0 aliphatic carbocycles. The van der Waals surface area contributed by atoms with Crippen molar-refractivity contribution >= 4 is 23.9 Å².